The van der Waals surface area contributed by atoms with Crippen LogP contribution in [-0.2, 0) is 20.0 Å². The van der Waals surface area contributed by atoms with E-state index in [1.54, 1.807) is 30.3 Å². The van der Waals surface area contributed by atoms with Crippen molar-refractivity contribution in [3.05, 3.63) is 83.4 Å². The molecule has 10 nitrogen and oxygen atoms in total. The number of benzene rings is 4. The molecular weight excluding hydrogens is 892 g/mol. The number of aryl methyl sites for hydroxylation is 1. The lowest BCUT2D eigenvalue weighted by atomic mass is 10.1. The van der Waals surface area contributed by atoms with Crippen LogP contribution in [0.5, 0.6) is 5.75 Å². The minimum Gasteiger partial charge on any atom is -0.491 e. The Morgan fingerprint density at radius 3 is 2.18 bits per heavy atom. The van der Waals surface area contributed by atoms with Crippen molar-refractivity contribution in [2.24, 2.45) is 0 Å². The van der Waals surface area contributed by atoms with Gasteiger partial charge in [0.2, 0.25) is 10.0 Å². The van der Waals surface area contributed by atoms with Crippen LogP contribution in [0.25, 0.3) is 20.9 Å². The van der Waals surface area contributed by atoms with E-state index in [-0.39, 0.29) is 53.8 Å². The maximum Gasteiger partial charge on any atom is 0.271 e. The largest absolute Gasteiger partial charge is 0.491 e. The second-order valence-electron chi connectivity index (χ2n) is 13.6. The number of anilines is 3. The molecule has 0 amide bonds. The van der Waals surface area contributed by atoms with Crippen LogP contribution < -0.4 is 29.3 Å². The number of rotatable bonds is 17. The van der Waals surface area contributed by atoms with Gasteiger partial charge in [0.1, 0.15) is 9.96 Å². The maximum atomic E-state index is 13.6. The van der Waals surface area contributed by atoms with Gasteiger partial charge in [-0.1, -0.05) is 61.5 Å². The van der Waals surface area contributed by atoms with E-state index in [1.165, 1.54) is 11.3 Å². The molecule has 18 heteroatoms. The molecule has 2 heterocycles. The molecule has 316 valence electrons. The third-order valence-electron chi connectivity index (χ3n) is 9.52. The average Bonchev–Trinajstić information content (AvgIpc) is 3.48. The lowest BCUT2D eigenvalue weighted by Gasteiger charge is -2.31. The third kappa shape index (κ3) is 12.5. The Kier molecular flexibility index (Phi) is 20.3. The summed E-state index contributed by atoms with van der Waals surface area (Å²) in [7, 11) is -3.56. The Morgan fingerprint density at radius 2 is 1.46 bits per heavy atom. The molecule has 0 atom stereocenters. The van der Waals surface area contributed by atoms with Gasteiger partial charge in [0.15, 0.2) is 0 Å². The monoisotopic (exact) mass is 941 g/mol. The average molecular weight is 944 g/mol. The number of nitrogens with one attached hydrogen (secondary N) is 3. The highest BCUT2D eigenvalue weighted by atomic mass is 35.5. The quantitative estimate of drug-likeness (QED) is 0.0790. The first-order chi connectivity index (χ1) is 25.4. The first-order valence-electron chi connectivity index (χ1n) is 18.1. The molecule has 1 fully saturated rings. The second-order valence-corrected chi connectivity index (χ2v) is 18.7. The first-order valence-corrected chi connectivity index (χ1v) is 22.2. The van der Waals surface area contributed by atoms with Gasteiger partial charge in [-0.15, -0.1) is 61.0 Å². The maximum absolute atomic E-state index is 13.6. The van der Waals surface area contributed by atoms with Crippen molar-refractivity contribution in [2.45, 2.75) is 54.6 Å². The number of sulfonamides is 2. The zero-order valence-electron chi connectivity index (χ0n) is 32.1. The first kappa shape index (κ1) is 50.7. The third-order valence-corrected chi connectivity index (χ3v) is 14.5. The molecule has 4 aromatic carbocycles. The molecule has 57 heavy (non-hydrogen) atoms. The van der Waals surface area contributed by atoms with E-state index in [1.807, 2.05) is 68.4 Å². The highest BCUT2D eigenvalue weighted by molar-refractivity contribution is 7.95. The number of unbranched alkanes of at least 4 members (excludes halogenated alkanes) is 5. The van der Waals surface area contributed by atoms with Crippen molar-refractivity contribution in [1.29, 1.82) is 0 Å². The Hall–Kier alpha value is -2.43. The second kappa shape index (κ2) is 22.8. The molecule has 1 aliphatic rings. The number of halogens is 5. The lowest BCUT2D eigenvalue weighted by molar-refractivity contribution is 0.304. The standard InChI is InChI=1S/C39H48ClN5O5S3.4ClH/c1-28-33-26-29(40)16-19-37(33)51-39(28)53(48,49)43-30-17-18-36(35(27-30)45-23-21-41-22-24-45)50-25-9-7-5-4-6-8-20-42-52(46,47)38-15-11-12-31-32(38)13-10-14-34(31)44(2)3;;;;/h10-19,26-27,41-43H,4-9,20-25H2,1-3H3;4*1H. The fourth-order valence-corrected chi connectivity index (χ4v) is 11.0. The number of hydrogen-bond acceptors (Lipinski definition) is 9. The van der Waals surface area contributed by atoms with Crippen LogP contribution in [0.4, 0.5) is 17.1 Å². The van der Waals surface area contributed by atoms with Crippen molar-refractivity contribution in [3.8, 4) is 5.75 Å². The molecule has 0 saturated carbocycles. The smallest absolute Gasteiger partial charge is 0.271 e. The van der Waals surface area contributed by atoms with Gasteiger partial charge < -0.3 is 19.9 Å². The van der Waals surface area contributed by atoms with Gasteiger partial charge in [0, 0.05) is 73.0 Å². The Bertz CT molecular complexity index is 2290. The molecule has 6 rings (SSSR count). The van der Waals surface area contributed by atoms with Gasteiger partial charge in [-0.2, -0.15) is 0 Å². The molecular formula is C39H52Cl5N5O5S3. The molecule has 0 radical (unpaired) electrons. The predicted molar refractivity (Wildman–Crippen MR) is 250 cm³/mol. The van der Waals surface area contributed by atoms with Crippen LogP contribution in [0.2, 0.25) is 5.02 Å². The normalized spacial score (nSPS) is 12.9. The van der Waals surface area contributed by atoms with E-state index < -0.39 is 20.0 Å². The molecule has 0 spiro atoms. The van der Waals surface area contributed by atoms with Crippen LogP contribution in [0.3, 0.4) is 0 Å². The molecule has 0 unspecified atom stereocenters. The zero-order chi connectivity index (χ0) is 37.6. The SMILES string of the molecule is Cc1c(S(=O)(=O)Nc2ccc(OCCCCCCCCNS(=O)(=O)c3cccc4c(N(C)C)cccc34)c(N3CCNCC3)c2)sc2ccc(Cl)cc12.Cl.Cl.Cl.Cl. The topological polar surface area (TPSA) is 120 Å². The summed E-state index contributed by atoms with van der Waals surface area (Å²) in [6, 6.07) is 22.1. The summed E-state index contributed by atoms with van der Waals surface area (Å²) in [5.41, 5.74) is 3.02. The Balaban J connectivity index is 0.00000280. The van der Waals surface area contributed by atoms with Crippen LogP contribution in [0.1, 0.15) is 44.1 Å². The Morgan fingerprint density at radius 1 is 0.789 bits per heavy atom. The van der Waals surface area contributed by atoms with Crippen LogP contribution in [0.15, 0.2) is 81.9 Å². The predicted octanol–water partition coefficient (Wildman–Crippen LogP) is 9.68. The number of fused-ring (bicyclic) bond motifs is 2. The van der Waals surface area contributed by atoms with Crippen LogP contribution in [-0.4, -0.2) is 70.3 Å². The molecule has 1 aromatic heterocycles. The minimum atomic E-state index is -3.83. The number of piperazine rings is 1. The van der Waals surface area contributed by atoms with E-state index in [9.17, 15) is 16.8 Å². The van der Waals surface area contributed by atoms with Gasteiger partial charge in [-0.3, -0.25) is 4.72 Å². The highest BCUT2D eigenvalue weighted by Gasteiger charge is 2.24. The molecule has 0 bridgehead atoms. The van der Waals surface area contributed by atoms with E-state index in [0.29, 0.717) is 34.3 Å². The van der Waals surface area contributed by atoms with E-state index in [2.05, 4.69) is 19.7 Å². The zero-order valence-corrected chi connectivity index (χ0v) is 38.6. The van der Waals surface area contributed by atoms with Crippen LogP contribution >= 0.6 is 72.6 Å². The fourth-order valence-electron chi connectivity index (χ4n) is 6.77. The van der Waals surface area contributed by atoms with Crippen LogP contribution in [0, 0.1) is 6.92 Å². The summed E-state index contributed by atoms with van der Waals surface area (Å²) in [6.07, 6.45) is 5.62. The molecule has 5 aromatic rings. The summed E-state index contributed by atoms with van der Waals surface area (Å²) in [4.78, 5) is 4.52. The summed E-state index contributed by atoms with van der Waals surface area (Å²) in [5, 5.41) is 6.42. The van der Waals surface area contributed by atoms with Gasteiger partial charge in [-0.05, 0) is 79.2 Å². The summed E-state index contributed by atoms with van der Waals surface area (Å²) in [6.45, 7) is 6.01. The molecule has 1 saturated heterocycles. The lowest BCUT2D eigenvalue weighted by Crippen LogP contribution is -2.43. The summed E-state index contributed by atoms with van der Waals surface area (Å²) in [5.74, 6) is 0.735. The Labute approximate surface area is 371 Å². The van der Waals surface area contributed by atoms with Gasteiger partial charge >= 0.3 is 0 Å². The minimum absolute atomic E-state index is 0. The number of nitrogens with zero attached hydrogens (tertiary/aromatic N) is 2. The van der Waals surface area contributed by atoms with Crippen molar-refractivity contribution >= 4 is 131 Å². The van der Waals surface area contributed by atoms with Gasteiger partial charge in [0.05, 0.1) is 22.9 Å². The van der Waals surface area contributed by atoms with E-state index in [0.717, 1.165) is 103 Å². The van der Waals surface area contributed by atoms with E-state index >= 15 is 0 Å². The van der Waals surface area contributed by atoms with Gasteiger partial charge in [-0.25, -0.2) is 21.6 Å². The number of hydrogen-bond donors (Lipinski definition) is 3. The fraction of sp³-hybridized carbons (Fsp3) is 0.385. The summed E-state index contributed by atoms with van der Waals surface area (Å²) < 4.78 is 66.5. The van der Waals surface area contributed by atoms with E-state index in [4.69, 9.17) is 16.3 Å². The molecule has 0 aliphatic carbocycles. The van der Waals surface area contributed by atoms with Crippen molar-refractivity contribution in [1.82, 2.24) is 10.0 Å². The summed E-state index contributed by atoms with van der Waals surface area (Å²) >= 11 is 7.42. The molecule has 3 N–H and O–H groups in total. The van der Waals surface area contributed by atoms with Crippen molar-refractivity contribution < 1.29 is 21.6 Å². The molecule has 1 aliphatic heterocycles. The van der Waals surface area contributed by atoms with Crippen molar-refractivity contribution in [3.63, 3.8) is 0 Å². The highest BCUT2D eigenvalue weighted by Crippen LogP contribution is 2.38. The van der Waals surface area contributed by atoms with Gasteiger partial charge in [0.25, 0.3) is 10.0 Å². The number of thiophene rings is 1. The number of ether oxygens (including phenoxy) is 1. The van der Waals surface area contributed by atoms with Crippen molar-refractivity contribution in [2.75, 3.05) is 67.9 Å².